The lowest BCUT2D eigenvalue weighted by Crippen LogP contribution is -2.35. The monoisotopic (exact) mass is 396 g/mol. The van der Waals surface area contributed by atoms with Crippen molar-refractivity contribution in [2.24, 2.45) is 0 Å². The summed E-state index contributed by atoms with van der Waals surface area (Å²) in [6.45, 7) is 5.04. The van der Waals surface area contributed by atoms with Gasteiger partial charge in [-0.25, -0.2) is 0 Å². The fraction of sp³-hybridized carbons (Fsp3) is 0.391. The van der Waals surface area contributed by atoms with Crippen LogP contribution in [0.5, 0.6) is 5.75 Å². The molecule has 1 N–H and O–H groups in total. The van der Waals surface area contributed by atoms with Gasteiger partial charge in [0, 0.05) is 30.9 Å². The van der Waals surface area contributed by atoms with Gasteiger partial charge in [-0.3, -0.25) is 9.59 Å². The largest absolute Gasteiger partial charge is 0.490 e. The van der Waals surface area contributed by atoms with E-state index in [0.717, 1.165) is 25.9 Å². The van der Waals surface area contributed by atoms with E-state index < -0.39 is 0 Å². The minimum atomic E-state index is -0.257. The summed E-state index contributed by atoms with van der Waals surface area (Å²) < 4.78 is 10.9. The van der Waals surface area contributed by atoms with Crippen LogP contribution in [0.25, 0.3) is 0 Å². The van der Waals surface area contributed by atoms with Gasteiger partial charge in [-0.05, 0) is 62.6 Å². The smallest absolute Gasteiger partial charge is 0.259 e. The second-order valence-corrected chi connectivity index (χ2v) is 6.93. The van der Waals surface area contributed by atoms with Crippen LogP contribution >= 0.6 is 0 Å². The molecule has 3 rings (SSSR count). The van der Waals surface area contributed by atoms with E-state index in [4.69, 9.17) is 9.47 Å². The zero-order valence-corrected chi connectivity index (χ0v) is 16.9. The quantitative estimate of drug-likeness (QED) is 0.686. The van der Waals surface area contributed by atoms with Crippen molar-refractivity contribution < 1.29 is 19.1 Å². The molecule has 2 aromatic carbocycles. The summed E-state index contributed by atoms with van der Waals surface area (Å²) in [4.78, 5) is 27.1. The lowest BCUT2D eigenvalue weighted by molar-refractivity contribution is 0.0724. The molecule has 1 aliphatic rings. The van der Waals surface area contributed by atoms with E-state index in [1.807, 2.05) is 17.9 Å². The molecule has 0 atom stereocenters. The molecule has 154 valence electrons. The number of likely N-dealkylation sites (tertiary alicyclic amines) is 1. The van der Waals surface area contributed by atoms with Crippen molar-refractivity contribution in [2.75, 3.05) is 38.2 Å². The zero-order valence-electron chi connectivity index (χ0n) is 16.9. The summed E-state index contributed by atoms with van der Waals surface area (Å²) >= 11 is 0. The van der Waals surface area contributed by atoms with E-state index in [1.54, 1.807) is 42.5 Å². The Kier molecular flexibility index (Phi) is 7.64. The fourth-order valence-corrected chi connectivity index (χ4v) is 3.31. The third-order valence-corrected chi connectivity index (χ3v) is 4.85. The van der Waals surface area contributed by atoms with E-state index >= 15 is 0 Å². The number of ether oxygens (including phenoxy) is 2. The van der Waals surface area contributed by atoms with Gasteiger partial charge in [-0.2, -0.15) is 0 Å². The second kappa shape index (κ2) is 10.6. The van der Waals surface area contributed by atoms with Gasteiger partial charge in [-0.1, -0.05) is 12.1 Å². The van der Waals surface area contributed by atoms with Crippen molar-refractivity contribution in [3.05, 3.63) is 59.7 Å². The normalized spacial score (nSPS) is 13.8. The van der Waals surface area contributed by atoms with Gasteiger partial charge in [0.05, 0.1) is 12.2 Å². The summed E-state index contributed by atoms with van der Waals surface area (Å²) in [5.41, 5.74) is 1.73. The molecule has 2 amide bonds. The van der Waals surface area contributed by atoms with Crippen LogP contribution in [0.4, 0.5) is 5.69 Å². The number of carbonyl (C=O) groups excluding carboxylic acids is 2. The van der Waals surface area contributed by atoms with Crippen molar-refractivity contribution in [3.8, 4) is 5.75 Å². The van der Waals surface area contributed by atoms with E-state index in [9.17, 15) is 9.59 Å². The van der Waals surface area contributed by atoms with Crippen LogP contribution in [0.1, 0.15) is 46.9 Å². The number of carbonyl (C=O) groups is 2. The van der Waals surface area contributed by atoms with Crippen molar-refractivity contribution in [1.82, 2.24) is 4.90 Å². The lowest BCUT2D eigenvalue weighted by Gasteiger charge is -2.26. The first-order chi connectivity index (χ1) is 14.2. The Balaban J connectivity index is 1.61. The van der Waals surface area contributed by atoms with Crippen molar-refractivity contribution in [3.63, 3.8) is 0 Å². The first-order valence-electron chi connectivity index (χ1n) is 10.2. The predicted octanol–water partition coefficient (Wildman–Crippen LogP) is 3.98. The Morgan fingerprint density at radius 3 is 2.41 bits per heavy atom. The Hall–Kier alpha value is -2.86. The van der Waals surface area contributed by atoms with Gasteiger partial charge in [0.2, 0.25) is 0 Å². The van der Waals surface area contributed by atoms with Gasteiger partial charge in [-0.15, -0.1) is 0 Å². The number of hydrogen-bond acceptors (Lipinski definition) is 4. The summed E-state index contributed by atoms with van der Waals surface area (Å²) in [7, 11) is 0. The molecule has 0 aromatic heterocycles. The highest BCUT2D eigenvalue weighted by molar-refractivity contribution is 6.06. The topological polar surface area (TPSA) is 67.9 Å². The minimum Gasteiger partial charge on any atom is -0.490 e. The second-order valence-electron chi connectivity index (χ2n) is 6.93. The molecule has 6 nitrogen and oxygen atoms in total. The Morgan fingerprint density at radius 1 is 0.966 bits per heavy atom. The number of para-hydroxylation sites is 1. The molecule has 1 aliphatic heterocycles. The molecule has 29 heavy (non-hydrogen) atoms. The molecular formula is C23H28N2O4. The minimum absolute atomic E-state index is 0.0515. The predicted molar refractivity (Wildman–Crippen MR) is 113 cm³/mol. The molecule has 0 unspecified atom stereocenters. The van der Waals surface area contributed by atoms with Crippen molar-refractivity contribution in [2.45, 2.75) is 26.2 Å². The summed E-state index contributed by atoms with van der Waals surface area (Å²) in [5.74, 6) is 0.310. The highest BCUT2D eigenvalue weighted by Gasteiger charge is 2.18. The first kappa shape index (κ1) is 20.9. The van der Waals surface area contributed by atoms with E-state index in [-0.39, 0.29) is 11.8 Å². The van der Waals surface area contributed by atoms with Crippen LogP contribution in [0, 0.1) is 0 Å². The molecule has 6 heteroatoms. The number of nitrogens with zero attached hydrogens (tertiary/aromatic N) is 1. The maximum absolute atomic E-state index is 12.7. The maximum Gasteiger partial charge on any atom is 0.259 e. The molecule has 0 bridgehead atoms. The average molecular weight is 396 g/mol. The Labute approximate surface area is 171 Å². The van der Waals surface area contributed by atoms with Crippen molar-refractivity contribution in [1.29, 1.82) is 0 Å². The molecule has 1 saturated heterocycles. The zero-order chi connectivity index (χ0) is 20.5. The van der Waals surface area contributed by atoms with Crippen LogP contribution in [-0.4, -0.2) is 49.6 Å². The number of anilines is 1. The van der Waals surface area contributed by atoms with Crippen LogP contribution in [0.2, 0.25) is 0 Å². The molecule has 1 fully saturated rings. The number of benzene rings is 2. The Morgan fingerprint density at radius 2 is 1.69 bits per heavy atom. The Bertz CT molecular complexity index is 814. The number of piperidine rings is 1. The molecule has 0 spiro atoms. The van der Waals surface area contributed by atoms with Gasteiger partial charge in [0.1, 0.15) is 12.4 Å². The molecule has 0 radical (unpaired) electrons. The van der Waals surface area contributed by atoms with E-state index in [1.165, 1.54) is 6.42 Å². The number of rotatable bonds is 8. The number of nitrogens with one attached hydrogen (secondary N) is 1. The van der Waals surface area contributed by atoms with Crippen LogP contribution in [0.3, 0.4) is 0 Å². The highest BCUT2D eigenvalue weighted by atomic mass is 16.5. The van der Waals surface area contributed by atoms with Crippen LogP contribution < -0.4 is 10.1 Å². The van der Waals surface area contributed by atoms with E-state index in [2.05, 4.69) is 5.32 Å². The first-order valence-corrected chi connectivity index (χ1v) is 10.2. The third kappa shape index (κ3) is 5.81. The molecular weight excluding hydrogens is 368 g/mol. The maximum atomic E-state index is 12.7. The molecule has 0 saturated carbocycles. The molecule has 1 heterocycles. The van der Waals surface area contributed by atoms with Gasteiger partial charge < -0.3 is 19.7 Å². The summed E-state index contributed by atoms with van der Waals surface area (Å²) in [5, 5.41) is 2.87. The molecule has 0 aliphatic carbocycles. The number of hydrogen-bond donors (Lipinski definition) is 1. The van der Waals surface area contributed by atoms with Gasteiger partial charge in [0.25, 0.3) is 11.8 Å². The third-order valence-electron chi connectivity index (χ3n) is 4.85. The molecule has 2 aromatic rings. The standard InChI is InChI=1S/C23H28N2O4/c1-2-28-16-17-29-21-9-5-4-8-20(21)22(26)24-19-12-10-18(11-13-19)23(27)25-14-6-3-7-15-25/h4-5,8-13H,2-3,6-7,14-17H2,1H3,(H,24,26). The highest BCUT2D eigenvalue weighted by Crippen LogP contribution is 2.21. The van der Waals surface area contributed by atoms with Crippen LogP contribution in [-0.2, 0) is 4.74 Å². The van der Waals surface area contributed by atoms with Gasteiger partial charge in [0.15, 0.2) is 0 Å². The summed E-state index contributed by atoms with van der Waals surface area (Å²) in [6, 6.07) is 14.1. The van der Waals surface area contributed by atoms with Gasteiger partial charge >= 0.3 is 0 Å². The number of amides is 2. The van der Waals surface area contributed by atoms with Crippen LogP contribution in [0.15, 0.2) is 48.5 Å². The fourth-order valence-electron chi connectivity index (χ4n) is 3.31. The lowest BCUT2D eigenvalue weighted by atomic mass is 10.1. The average Bonchev–Trinajstić information content (AvgIpc) is 2.77. The van der Waals surface area contributed by atoms with Crippen molar-refractivity contribution >= 4 is 17.5 Å². The summed E-state index contributed by atoms with van der Waals surface area (Å²) in [6.07, 6.45) is 3.31. The van der Waals surface area contributed by atoms with E-state index in [0.29, 0.717) is 42.4 Å². The SMILES string of the molecule is CCOCCOc1ccccc1C(=O)Nc1ccc(C(=O)N2CCCCC2)cc1.